The van der Waals surface area contributed by atoms with E-state index in [0.29, 0.717) is 0 Å². The quantitative estimate of drug-likeness (QED) is 0.138. The Bertz CT molecular complexity index is 2330. The highest BCUT2D eigenvalue weighted by Crippen LogP contribution is 2.41. The molecular weight excluding hydrogens is 701 g/mol. The van der Waals surface area contributed by atoms with Gasteiger partial charge in [-0.1, -0.05) is 122 Å². The summed E-state index contributed by atoms with van der Waals surface area (Å²) in [6.07, 6.45) is 5.96. The zero-order chi connectivity index (χ0) is 39.1. The lowest BCUT2D eigenvalue weighted by Crippen LogP contribution is -2.38. The minimum atomic E-state index is -1.81. The maximum atomic E-state index is 5.06. The number of rotatable bonds is 9. The van der Waals surface area contributed by atoms with E-state index in [9.17, 15) is 0 Å². The van der Waals surface area contributed by atoms with Crippen molar-refractivity contribution in [2.24, 2.45) is 0 Å². The number of aryl methyl sites for hydroxylation is 4. The summed E-state index contributed by atoms with van der Waals surface area (Å²) in [6, 6.07) is 42.2. The Balaban J connectivity index is 1.50. The second-order valence-electron chi connectivity index (χ2n) is 16.9. The van der Waals surface area contributed by atoms with Crippen LogP contribution in [-0.2, 0) is 0 Å². The van der Waals surface area contributed by atoms with Crippen molar-refractivity contribution >= 4 is 43.6 Å². The van der Waals surface area contributed by atoms with Crippen LogP contribution in [0.25, 0.3) is 44.8 Å². The molecule has 4 aromatic carbocycles. The number of hydrogen-bond donors (Lipinski definition) is 0. The summed E-state index contributed by atoms with van der Waals surface area (Å²) < 4.78 is 0. The predicted octanol–water partition coefficient (Wildman–Crippen LogP) is 12.3. The van der Waals surface area contributed by atoms with Crippen LogP contribution < -0.4 is 15.3 Å². The van der Waals surface area contributed by atoms with Crippen LogP contribution in [0, 0.1) is 27.7 Å². The topological polar surface area (TPSA) is 41.9 Å². The molecule has 276 valence electrons. The number of benzene rings is 4. The molecule has 0 N–H and O–H groups in total. The molecule has 0 fully saturated rings. The van der Waals surface area contributed by atoms with Gasteiger partial charge >= 0.3 is 0 Å². The molecule has 0 aliphatic carbocycles. The molecule has 0 amide bonds. The average molecular weight is 753 g/mol. The first-order valence-electron chi connectivity index (χ1n) is 19.3. The minimum absolute atomic E-state index is 0.971. The molecule has 0 spiro atoms. The van der Waals surface area contributed by atoms with Gasteiger partial charge in [-0.3, -0.25) is 15.0 Å². The largest absolute Gasteiger partial charge is 0.308 e. The number of nitrogens with zero attached hydrogens (tertiary/aromatic N) is 4. The number of hydrogen-bond acceptors (Lipinski definition) is 4. The fraction of sp³-hybridized carbons (Fsp3) is 0.204. The van der Waals surface area contributed by atoms with Crippen molar-refractivity contribution in [2.45, 2.75) is 67.0 Å². The molecule has 3 heterocycles. The maximum Gasteiger partial charge on any atom is 0.0777 e. The SMILES string of the molecule is Cc1cnc(-c2cc(N(c3cc(-c4cc(-c5ccccc5)c(C)cn4)cc([Si](C)(C)C)c3)c3c(C)ccnc3C)cc([Si](C)(C)C)c2)cc1-c1ccccc1. The van der Waals surface area contributed by atoms with Crippen LogP contribution in [0.4, 0.5) is 17.1 Å². The van der Waals surface area contributed by atoms with Crippen LogP contribution in [0.1, 0.15) is 22.4 Å². The van der Waals surface area contributed by atoms with Gasteiger partial charge in [0, 0.05) is 41.1 Å². The summed E-state index contributed by atoms with van der Waals surface area (Å²) in [5.74, 6) is 0. The summed E-state index contributed by atoms with van der Waals surface area (Å²) in [7, 11) is -3.63. The van der Waals surface area contributed by atoms with E-state index in [0.717, 1.165) is 56.4 Å². The van der Waals surface area contributed by atoms with Gasteiger partial charge in [0.1, 0.15) is 0 Å². The average Bonchev–Trinajstić information content (AvgIpc) is 3.16. The molecule has 3 aromatic heterocycles. The van der Waals surface area contributed by atoms with Crippen molar-refractivity contribution in [3.05, 3.63) is 156 Å². The fourth-order valence-electron chi connectivity index (χ4n) is 7.29. The van der Waals surface area contributed by atoms with E-state index in [2.05, 4.69) is 187 Å². The van der Waals surface area contributed by atoms with Crippen LogP contribution in [0.5, 0.6) is 0 Å². The molecule has 7 aromatic rings. The number of anilines is 3. The molecule has 4 nitrogen and oxygen atoms in total. The molecule has 6 heteroatoms. The predicted molar refractivity (Wildman–Crippen MR) is 241 cm³/mol. The van der Waals surface area contributed by atoms with E-state index >= 15 is 0 Å². The zero-order valence-electron chi connectivity index (χ0n) is 34.0. The van der Waals surface area contributed by atoms with E-state index in [1.807, 2.05) is 18.6 Å². The smallest absolute Gasteiger partial charge is 0.0777 e. The second kappa shape index (κ2) is 15.0. The zero-order valence-corrected chi connectivity index (χ0v) is 36.0. The standard InChI is InChI=1S/C49H52N4Si2/c1-33-21-22-50-36(4)49(33)53(41-23-39(25-43(27-41)54(5,6)7)47-29-45(34(2)31-51-47)37-17-13-11-14-18-37)42-24-40(26-44(28-42)55(8,9)10)48-30-46(35(3)32-52-48)38-19-15-12-16-20-38/h11-32H,1-10H3. The van der Waals surface area contributed by atoms with Crippen LogP contribution in [0.3, 0.4) is 0 Å². The highest BCUT2D eigenvalue weighted by molar-refractivity contribution is 6.89. The molecule has 0 bridgehead atoms. The first-order valence-corrected chi connectivity index (χ1v) is 26.3. The Morgan fingerprint density at radius 3 is 1.27 bits per heavy atom. The van der Waals surface area contributed by atoms with Crippen molar-refractivity contribution in [1.29, 1.82) is 0 Å². The van der Waals surface area contributed by atoms with E-state index in [4.69, 9.17) is 15.0 Å². The molecule has 0 atom stereocenters. The van der Waals surface area contributed by atoms with Gasteiger partial charge in [-0.15, -0.1) is 0 Å². The summed E-state index contributed by atoms with van der Waals surface area (Å²) >= 11 is 0. The van der Waals surface area contributed by atoms with Crippen LogP contribution in [0.15, 0.2) is 134 Å². The normalized spacial score (nSPS) is 11.8. The Labute approximate surface area is 330 Å². The summed E-state index contributed by atoms with van der Waals surface area (Å²) in [6.45, 7) is 23.2. The lowest BCUT2D eigenvalue weighted by atomic mass is 9.98. The first-order chi connectivity index (χ1) is 26.2. The van der Waals surface area contributed by atoms with Crippen molar-refractivity contribution in [3.63, 3.8) is 0 Å². The van der Waals surface area contributed by atoms with E-state index in [1.165, 1.54) is 38.2 Å². The van der Waals surface area contributed by atoms with Crippen molar-refractivity contribution in [2.75, 3.05) is 4.90 Å². The van der Waals surface area contributed by atoms with Crippen LogP contribution >= 0.6 is 0 Å². The van der Waals surface area contributed by atoms with Crippen LogP contribution in [0.2, 0.25) is 39.3 Å². The Morgan fingerprint density at radius 1 is 0.436 bits per heavy atom. The molecule has 7 rings (SSSR count). The van der Waals surface area contributed by atoms with Crippen molar-refractivity contribution in [1.82, 2.24) is 15.0 Å². The Hall–Kier alpha value is -5.44. The number of aromatic nitrogens is 3. The van der Waals surface area contributed by atoms with Gasteiger partial charge in [0.15, 0.2) is 0 Å². The second-order valence-corrected chi connectivity index (χ2v) is 27.1. The van der Waals surface area contributed by atoms with Gasteiger partial charge in [-0.25, -0.2) is 0 Å². The van der Waals surface area contributed by atoms with Gasteiger partial charge in [-0.2, -0.15) is 0 Å². The third-order valence-corrected chi connectivity index (χ3v) is 14.6. The first kappa shape index (κ1) is 37.9. The molecular formula is C49H52N4Si2. The lowest BCUT2D eigenvalue weighted by Gasteiger charge is -2.32. The van der Waals surface area contributed by atoms with Gasteiger partial charge in [0.05, 0.1) is 38.9 Å². The van der Waals surface area contributed by atoms with Crippen LogP contribution in [-0.4, -0.2) is 31.1 Å². The molecule has 0 unspecified atom stereocenters. The molecule has 0 saturated carbocycles. The van der Waals surface area contributed by atoms with Crippen molar-refractivity contribution in [3.8, 4) is 44.8 Å². The Morgan fingerprint density at radius 2 is 0.873 bits per heavy atom. The third kappa shape index (κ3) is 8.02. The minimum Gasteiger partial charge on any atom is -0.308 e. The molecule has 0 aliphatic rings. The third-order valence-electron chi connectivity index (χ3n) is 10.6. The van der Waals surface area contributed by atoms with Gasteiger partial charge in [0.25, 0.3) is 0 Å². The maximum absolute atomic E-state index is 5.06. The number of pyridine rings is 3. The molecule has 55 heavy (non-hydrogen) atoms. The van der Waals surface area contributed by atoms with E-state index in [-0.39, 0.29) is 0 Å². The lowest BCUT2D eigenvalue weighted by molar-refractivity contribution is 1.13. The molecule has 0 saturated heterocycles. The van der Waals surface area contributed by atoms with E-state index < -0.39 is 16.1 Å². The molecule has 0 radical (unpaired) electrons. The molecule has 0 aliphatic heterocycles. The van der Waals surface area contributed by atoms with Gasteiger partial charge in [-0.05, 0) is 109 Å². The monoisotopic (exact) mass is 752 g/mol. The van der Waals surface area contributed by atoms with E-state index in [1.54, 1.807) is 0 Å². The fourth-order valence-corrected chi connectivity index (χ4v) is 9.63. The van der Waals surface area contributed by atoms with Gasteiger partial charge in [0.2, 0.25) is 0 Å². The van der Waals surface area contributed by atoms with Gasteiger partial charge < -0.3 is 4.90 Å². The summed E-state index contributed by atoms with van der Waals surface area (Å²) in [5.41, 5.74) is 16.8. The highest BCUT2D eigenvalue weighted by atomic mass is 28.3. The summed E-state index contributed by atoms with van der Waals surface area (Å²) in [4.78, 5) is 17.5. The summed E-state index contributed by atoms with van der Waals surface area (Å²) in [5, 5.41) is 2.75. The Kier molecular flexibility index (Phi) is 10.3. The highest BCUT2D eigenvalue weighted by Gasteiger charge is 2.26. The van der Waals surface area contributed by atoms with Crippen molar-refractivity contribution < 1.29 is 0 Å².